The molecule has 7 heteroatoms. The SMILES string of the molecule is O=C(Nc1ccccc1C(=O)N/N=C/c1ccccc1Br)c1cccc(Br)c1. The van der Waals surface area contributed by atoms with Crippen LogP contribution in [0.4, 0.5) is 5.69 Å². The van der Waals surface area contributed by atoms with Crippen molar-refractivity contribution in [2.75, 3.05) is 5.32 Å². The second-order valence-electron chi connectivity index (χ2n) is 5.73. The highest BCUT2D eigenvalue weighted by atomic mass is 79.9. The van der Waals surface area contributed by atoms with Gasteiger partial charge in [-0.2, -0.15) is 5.10 Å². The average molecular weight is 501 g/mol. The molecule has 0 heterocycles. The molecule has 28 heavy (non-hydrogen) atoms. The minimum atomic E-state index is -0.423. The van der Waals surface area contributed by atoms with Crippen molar-refractivity contribution in [3.63, 3.8) is 0 Å². The number of hydrazone groups is 1. The number of para-hydroxylation sites is 1. The van der Waals surface area contributed by atoms with Crippen LogP contribution in [0.15, 0.2) is 86.8 Å². The van der Waals surface area contributed by atoms with Crippen LogP contribution in [-0.4, -0.2) is 18.0 Å². The molecular formula is C21H15Br2N3O2. The van der Waals surface area contributed by atoms with Gasteiger partial charge in [-0.3, -0.25) is 9.59 Å². The zero-order valence-electron chi connectivity index (χ0n) is 14.5. The van der Waals surface area contributed by atoms with Crippen molar-refractivity contribution in [3.8, 4) is 0 Å². The Morgan fingerprint density at radius 3 is 2.39 bits per heavy atom. The number of nitrogens with zero attached hydrogens (tertiary/aromatic N) is 1. The molecule has 0 unspecified atom stereocenters. The lowest BCUT2D eigenvalue weighted by Gasteiger charge is -2.10. The van der Waals surface area contributed by atoms with Crippen LogP contribution in [0, 0.1) is 0 Å². The van der Waals surface area contributed by atoms with E-state index in [1.807, 2.05) is 30.3 Å². The molecule has 0 aliphatic carbocycles. The first-order valence-corrected chi connectivity index (χ1v) is 9.87. The van der Waals surface area contributed by atoms with Crippen molar-refractivity contribution in [2.24, 2.45) is 5.10 Å². The fraction of sp³-hybridized carbons (Fsp3) is 0. The number of amides is 2. The molecule has 3 rings (SSSR count). The van der Waals surface area contributed by atoms with Crippen LogP contribution in [0.1, 0.15) is 26.3 Å². The van der Waals surface area contributed by atoms with Crippen molar-refractivity contribution in [1.29, 1.82) is 0 Å². The molecule has 0 bridgehead atoms. The van der Waals surface area contributed by atoms with E-state index >= 15 is 0 Å². The van der Waals surface area contributed by atoms with Gasteiger partial charge in [-0.1, -0.05) is 68.3 Å². The Kier molecular flexibility index (Phi) is 6.73. The highest BCUT2D eigenvalue weighted by Gasteiger charge is 2.14. The van der Waals surface area contributed by atoms with Gasteiger partial charge in [0.25, 0.3) is 11.8 Å². The van der Waals surface area contributed by atoms with Crippen LogP contribution < -0.4 is 10.7 Å². The lowest BCUT2D eigenvalue weighted by Crippen LogP contribution is -2.21. The first-order chi connectivity index (χ1) is 13.5. The molecule has 5 nitrogen and oxygen atoms in total. The van der Waals surface area contributed by atoms with Crippen molar-refractivity contribution in [2.45, 2.75) is 0 Å². The van der Waals surface area contributed by atoms with E-state index in [1.54, 1.807) is 48.7 Å². The van der Waals surface area contributed by atoms with Gasteiger partial charge in [-0.25, -0.2) is 5.43 Å². The van der Waals surface area contributed by atoms with Crippen LogP contribution in [0.2, 0.25) is 0 Å². The average Bonchev–Trinajstić information content (AvgIpc) is 2.69. The molecule has 3 aromatic rings. The molecule has 0 spiro atoms. The first kappa shape index (κ1) is 20.0. The van der Waals surface area contributed by atoms with E-state index in [9.17, 15) is 9.59 Å². The zero-order valence-corrected chi connectivity index (χ0v) is 17.7. The summed E-state index contributed by atoms with van der Waals surface area (Å²) in [5.74, 6) is -0.730. The zero-order chi connectivity index (χ0) is 19.9. The quantitative estimate of drug-likeness (QED) is 0.372. The Hall–Kier alpha value is -2.77. The van der Waals surface area contributed by atoms with E-state index in [2.05, 4.69) is 47.7 Å². The number of halogens is 2. The van der Waals surface area contributed by atoms with E-state index in [0.717, 1.165) is 14.5 Å². The van der Waals surface area contributed by atoms with Crippen LogP contribution in [0.25, 0.3) is 0 Å². The third kappa shape index (κ3) is 5.15. The molecule has 0 aliphatic heterocycles. The fourth-order valence-electron chi connectivity index (χ4n) is 2.41. The molecule has 3 aromatic carbocycles. The number of hydrogen-bond acceptors (Lipinski definition) is 3. The third-order valence-electron chi connectivity index (χ3n) is 3.78. The smallest absolute Gasteiger partial charge is 0.273 e. The number of anilines is 1. The molecule has 2 amide bonds. The largest absolute Gasteiger partial charge is 0.321 e. The standard InChI is InChI=1S/C21H15Br2N3O2/c22-16-8-5-7-14(12-16)20(27)25-19-11-4-2-9-17(19)21(28)26-24-13-15-6-1-3-10-18(15)23/h1-13H,(H,25,27)(H,26,28)/b24-13+. The van der Waals surface area contributed by atoms with Gasteiger partial charge in [0.1, 0.15) is 0 Å². The molecule has 0 saturated heterocycles. The van der Waals surface area contributed by atoms with Crippen molar-refractivity contribution in [3.05, 3.63) is 98.4 Å². The molecule has 0 fully saturated rings. The highest BCUT2D eigenvalue weighted by molar-refractivity contribution is 9.10. The fourth-order valence-corrected chi connectivity index (χ4v) is 3.20. The Bertz CT molecular complexity index is 1050. The van der Waals surface area contributed by atoms with Gasteiger partial charge in [0.2, 0.25) is 0 Å². The Balaban J connectivity index is 1.73. The minimum Gasteiger partial charge on any atom is -0.321 e. The van der Waals surface area contributed by atoms with Gasteiger partial charge in [-0.05, 0) is 36.4 Å². The lowest BCUT2D eigenvalue weighted by molar-refractivity contribution is 0.0956. The Labute approximate surface area is 179 Å². The van der Waals surface area contributed by atoms with Gasteiger partial charge < -0.3 is 5.32 Å². The predicted molar refractivity (Wildman–Crippen MR) is 118 cm³/mol. The Morgan fingerprint density at radius 2 is 1.61 bits per heavy atom. The number of hydrogen-bond donors (Lipinski definition) is 2. The third-order valence-corrected chi connectivity index (χ3v) is 5.00. The summed E-state index contributed by atoms with van der Waals surface area (Å²) < 4.78 is 1.67. The summed E-state index contributed by atoms with van der Waals surface area (Å²) in [5, 5.41) is 6.77. The summed E-state index contributed by atoms with van der Waals surface area (Å²) in [5.41, 5.74) is 4.52. The Morgan fingerprint density at radius 1 is 0.857 bits per heavy atom. The summed E-state index contributed by atoms with van der Waals surface area (Å²) >= 11 is 6.76. The topological polar surface area (TPSA) is 70.6 Å². The molecule has 2 N–H and O–H groups in total. The summed E-state index contributed by atoms with van der Waals surface area (Å²) in [6.45, 7) is 0. The van der Waals surface area contributed by atoms with Crippen LogP contribution in [-0.2, 0) is 0 Å². The molecule has 0 aliphatic rings. The van der Waals surface area contributed by atoms with Gasteiger partial charge in [-0.15, -0.1) is 0 Å². The van der Waals surface area contributed by atoms with E-state index in [-0.39, 0.29) is 5.91 Å². The molecule has 0 saturated carbocycles. The first-order valence-electron chi connectivity index (χ1n) is 8.28. The molecular weight excluding hydrogens is 486 g/mol. The van der Waals surface area contributed by atoms with Crippen molar-refractivity contribution < 1.29 is 9.59 Å². The minimum absolute atomic E-state index is 0.307. The molecule has 0 radical (unpaired) electrons. The molecule has 140 valence electrons. The van der Waals surface area contributed by atoms with Gasteiger partial charge in [0.05, 0.1) is 17.5 Å². The summed E-state index contributed by atoms with van der Waals surface area (Å²) in [7, 11) is 0. The molecule has 0 atom stereocenters. The van der Waals surface area contributed by atoms with E-state index < -0.39 is 5.91 Å². The van der Waals surface area contributed by atoms with E-state index in [0.29, 0.717) is 16.8 Å². The van der Waals surface area contributed by atoms with Gasteiger partial charge >= 0.3 is 0 Å². The van der Waals surface area contributed by atoms with E-state index in [1.165, 1.54) is 0 Å². The number of carbonyl (C=O) groups excluding carboxylic acids is 2. The van der Waals surface area contributed by atoms with Crippen LogP contribution >= 0.6 is 31.9 Å². The normalized spacial score (nSPS) is 10.6. The number of nitrogens with one attached hydrogen (secondary N) is 2. The summed E-state index contributed by atoms with van der Waals surface area (Å²) in [4.78, 5) is 25.0. The van der Waals surface area contributed by atoms with E-state index in [4.69, 9.17) is 0 Å². The number of benzene rings is 3. The molecule has 0 aromatic heterocycles. The second-order valence-corrected chi connectivity index (χ2v) is 7.50. The summed E-state index contributed by atoms with van der Waals surface area (Å²) in [6.07, 6.45) is 1.55. The monoisotopic (exact) mass is 499 g/mol. The van der Waals surface area contributed by atoms with Crippen LogP contribution in [0.3, 0.4) is 0 Å². The second kappa shape index (κ2) is 9.43. The predicted octanol–water partition coefficient (Wildman–Crippen LogP) is 5.23. The maximum absolute atomic E-state index is 12.5. The van der Waals surface area contributed by atoms with Crippen molar-refractivity contribution >= 4 is 55.6 Å². The maximum Gasteiger partial charge on any atom is 0.273 e. The summed E-state index contributed by atoms with van der Waals surface area (Å²) in [6, 6.07) is 21.3. The van der Waals surface area contributed by atoms with Gasteiger partial charge in [0.15, 0.2) is 0 Å². The van der Waals surface area contributed by atoms with Gasteiger partial charge in [0, 0.05) is 20.1 Å². The number of rotatable bonds is 5. The number of carbonyl (C=O) groups is 2. The maximum atomic E-state index is 12.5. The lowest BCUT2D eigenvalue weighted by atomic mass is 10.1. The highest BCUT2D eigenvalue weighted by Crippen LogP contribution is 2.18. The van der Waals surface area contributed by atoms with Crippen LogP contribution in [0.5, 0.6) is 0 Å². The van der Waals surface area contributed by atoms with Crippen molar-refractivity contribution in [1.82, 2.24) is 5.43 Å².